The minimum absolute atomic E-state index is 0.149. The fourth-order valence-corrected chi connectivity index (χ4v) is 2.94. The smallest absolute Gasteiger partial charge is 0.0971 e. The zero-order valence-electron chi connectivity index (χ0n) is 10.8. The van der Waals surface area contributed by atoms with E-state index < -0.39 is 0 Å². The third-order valence-corrected chi connectivity index (χ3v) is 3.95. The molecule has 0 aromatic rings. The lowest BCUT2D eigenvalue weighted by Gasteiger charge is -2.30. The van der Waals surface area contributed by atoms with Gasteiger partial charge in [-0.25, -0.2) is 0 Å². The molecular weight excluding hydrogens is 220 g/mol. The van der Waals surface area contributed by atoms with Gasteiger partial charge in [-0.05, 0) is 12.8 Å². The van der Waals surface area contributed by atoms with E-state index in [1.807, 2.05) is 0 Å². The first-order chi connectivity index (χ1) is 8.30. The number of nitrogens with two attached hydrogens (primary N) is 1. The van der Waals surface area contributed by atoms with Crippen LogP contribution in [0.4, 0.5) is 0 Å². The maximum absolute atomic E-state index is 5.90. The highest BCUT2D eigenvalue weighted by atomic mass is 16.5. The first-order valence-corrected chi connectivity index (χ1v) is 6.41. The molecule has 100 valence electrons. The number of hydrogen-bond donors (Lipinski definition) is 1. The van der Waals surface area contributed by atoms with Gasteiger partial charge < -0.3 is 19.9 Å². The summed E-state index contributed by atoms with van der Waals surface area (Å²) in [6, 6.07) is 0.301. The van der Waals surface area contributed by atoms with Crippen LogP contribution in [0.3, 0.4) is 0 Å². The van der Waals surface area contributed by atoms with Crippen molar-refractivity contribution in [3.05, 3.63) is 0 Å². The predicted molar refractivity (Wildman–Crippen MR) is 65.0 cm³/mol. The van der Waals surface area contributed by atoms with Gasteiger partial charge in [0, 0.05) is 46.5 Å². The van der Waals surface area contributed by atoms with Gasteiger partial charge in [-0.2, -0.15) is 0 Å². The van der Waals surface area contributed by atoms with E-state index in [9.17, 15) is 0 Å². The second-order valence-electron chi connectivity index (χ2n) is 4.86. The zero-order valence-corrected chi connectivity index (χ0v) is 10.8. The fourth-order valence-electron chi connectivity index (χ4n) is 2.94. The van der Waals surface area contributed by atoms with Crippen molar-refractivity contribution in [3.63, 3.8) is 0 Å². The number of nitrogens with zero attached hydrogens (tertiary/aromatic N) is 1. The van der Waals surface area contributed by atoms with Crippen molar-refractivity contribution in [3.8, 4) is 0 Å². The van der Waals surface area contributed by atoms with Crippen molar-refractivity contribution in [2.24, 2.45) is 5.73 Å². The molecule has 2 heterocycles. The number of rotatable bonds is 5. The average Bonchev–Trinajstić information content (AvgIpc) is 2.99. The first-order valence-electron chi connectivity index (χ1n) is 6.41. The maximum atomic E-state index is 5.90. The molecule has 2 N–H and O–H groups in total. The summed E-state index contributed by atoms with van der Waals surface area (Å²) in [5.74, 6) is 0. The summed E-state index contributed by atoms with van der Waals surface area (Å²) >= 11 is 0. The minimum Gasteiger partial charge on any atom is -0.377 e. The molecule has 0 radical (unpaired) electrons. The number of ether oxygens (including phenoxy) is 3. The highest BCUT2D eigenvalue weighted by Crippen LogP contribution is 2.24. The highest BCUT2D eigenvalue weighted by molar-refractivity contribution is 4.93. The van der Waals surface area contributed by atoms with Crippen LogP contribution in [0.2, 0.25) is 0 Å². The van der Waals surface area contributed by atoms with Crippen LogP contribution >= 0.6 is 0 Å². The van der Waals surface area contributed by atoms with Crippen LogP contribution in [0.5, 0.6) is 0 Å². The van der Waals surface area contributed by atoms with Gasteiger partial charge in [-0.3, -0.25) is 4.90 Å². The average molecular weight is 244 g/mol. The molecule has 2 rings (SSSR count). The third kappa shape index (κ3) is 2.80. The van der Waals surface area contributed by atoms with Gasteiger partial charge in [0.15, 0.2) is 0 Å². The topological polar surface area (TPSA) is 57.0 Å². The van der Waals surface area contributed by atoms with Crippen molar-refractivity contribution in [1.82, 2.24) is 4.90 Å². The zero-order chi connectivity index (χ0) is 12.3. The van der Waals surface area contributed by atoms with Gasteiger partial charge in [0.1, 0.15) is 0 Å². The van der Waals surface area contributed by atoms with Crippen molar-refractivity contribution in [1.29, 1.82) is 0 Å². The van der Waals surface area contributed by atoms with Gasteiger partial charge in [-0.15, -0.1) is 0 Å². The Hall–Kier alpha value is -0.200. The molecule has 0 saturated carbocycles. The van der Waals surface area contributed by atoms with Gasteiger partial charge in [-0.1, -0.05) is 0 Å². The Morgan fingerprint density at radius 3 is 2.35 bits per heavy atom. The van der Waals surface area contributed by atoms with E-state index in [4.69, 9.17) is 19.9 Å². The Balaban J connectivity index is 1.96. The van der Waals surface area contributed by atoms with Crippen LogP contribution in [0.25, 0.3) is 0 Å². The molecule has 0 spiro atoms. The molecule has 0 aliphatic carbocycles. The summed E-state index contributed by atoms with van der Waals surface area (Å²) in [4.78, 5) is 2.36. The van der Waals surface area contributed by atoms with E-state index in [1.165, 1.54) is 0 Å². The van der Waals surface area contributed by atoms with E-state index in [0.717, 1.165) is 32.5 Å². The van der Waals surface area contributed by atoms with Crippen LogP contribution in [-0.4, -0.2) is 69.7 Å². The number of hydrogen-bond acceptors (Lipinski definition) is 5. The molecule has 2 saturated heterocycles. The second kappa shape index (κ2) is 6.11. The fraction of sp³-hybridized carbons (Fsp3) is 1.00. The minimum atomic E-state index is 0.149. The lowest BCUT2D eigenvalue weighted by atomic mass is 10.1. The first kappa shape index (κ1) is 13.2. The van der Waals surface area contributed by atoms with Crippen molar-refractivity contribution < 1.29 is 14.2 Å². The van der Waals surface area contributed by atoms with E-state index in [-0.39, 0.29) is 18.3 Å². The summed E-state index contributed by atoms with van der Waals surface area (Å²) in [6.45, 7) is 3.28. The summed E-state index contributed by atoms with van der Waals surface area (Å²) in [6.07, 6.45) is 2.85. The highest BCUT2D eigenvalue weighted by Gasteiger charge is 2.39. The Labute approximate surface area is 103 Å². The molecule has 5 heteroatoms. The largest absolute Gasteiger partial charge is 0.377 e. The molecule has 2 fully saturated rings. The van der Waals surface area contributed by atoms with Gasteiger partial charge in [0.05, 0.1) is 18.3 Å². The molecular formula is C12H24N2O3. The van der Waals surface area contributed by atoms with Gasteiger partial charge >= 0.3 is 0 Å². The second-order valence-corrected chi connectivity index (χ2v) is 4.86. The molecule has 2 aliphatic rings. The summed E-state index contributed by atoms with van der Waals surface area (Å²) in [5.41, 5.74) is 5.90. The molecule has 5 nitrogen and oxygen atoms in total. The van der Waals surface area contributed by atoms with Crippen molar-refractivity contribution >= 4 is 0 Å². The Morgan fingerprint density at radius 2 is 1.94 bits per heavy atom. The van der Waals surface area contributed by atoms with Gasteiger partial charge in [0.25, 0.3) is 0 Å². The van der Waals surface area contributed by atoms with Crippen LogP contribution in [0.1, 0.15) is 12.8 Å². The lowest BCUT2D eigenvalue weighted by Crippen LogP contribution is -2.47. The standard InChI is InChI=1S/C12H24N2O3/c1-15-11-7-14(8-12(11)16-2)9(6-13)10-4-3-5-17-10/h9-12H,3-8,13H2,1-2H3. The SMILES string of the molecule is COC1CN(C(CN)C2CCCO2)CC1OC. The lowest BCUT2D eigenvalue weighted by molar-refractivity contribution is -0.00461. The van der Waals surface area contributed by atoms with Crippen molar-refractivity contribution in [2.45, 2.75) is 37.2 Å². The van der Waals surface area contributed by atoms with E-state index >= 15 is 0 Å². The monoisotopic (exact) mass is 244 g/mol. The number of methoxy groups -OCH3 is 2. The molecule has 2 aliphatic heterocycles. The summed E-state index contributed by atoms with van der Waals surface area (Å²) < 4.78 is 16.7. The predicted octanol–water partition coefficient (Wildman–Crippen LogP) is -0.162. The maximum Gasteiger partial charge on any atom is 0.0971 e. The Morgan fingerprint density at radius 1 is 1.29 bits per heavy atom. The molecule has 0 aromatic carbocycles. The van der Waals surface area contributed by atoms with Crippen molar-refractivity contribution in [2.75, 3.05) is 40.5 Å². The van der Waals surface area contributed by atoms with E-state index in [0.29, 0.717) is 12.6 Å². The van der Waals surface area contributed by atoms with Crippen LogP contribution < -0.4 is 5.73 Å². The molecule has 0 bridgehead atoms. The van der Waals surface area contributed by atoms with Crippen LogP contribution in [0, 0.1) is 0 Å². The summed E-state index contributed by atoms with van der Waals surface area (Å²) in [5, 5.41) is 0. The summed E-state index contributed by atoms with van der Waals surface area (Å²) in [7, 11) is 3.48. The number of likely N-dealkylation sites (tertiary alicyclic amines) is 1. The van der Waals surface area contributed by atoms with Gasteiger partial charge in [0.2, 0.25) is 0 Å². The molecule has 4 unspecified atom stereocenters. The molecule has 17 heavy (non-hydrogen) atoms. The third-order valence-electron chi connectivity index (χ3n) is 3.95. The normalized spacial score (nSPS) is 36.5. The quantitative estimate of drug-likeness (QED) is 0.728. The van der Waals surface area contributed by atoms with Crippen LogP contribution in [0.15, 0.2) is 0 Å². The van der Waals surface area contributed by atoms with Crippen LogP contribution in [-0.2, 0) is 14.2 Å². The molecule has 0 amide bonds. The Kier molecular flexibility index (Phi) is 4.76. The molecule has 4 atom stereocenters. The molecule has 0 aromatic heterocycles. The Bertz CT molecular complexity index is 222. The van der Waals surface area contributed by atoms with E-state index in [1.54, 1.807) is 14.2 Å². The van der Waals surface area contributed by atoms with E-state index in [2.05, 4.69) is 4.90 Å².